The highest BCUT2D eigenvalue weighted by molar-refractivity contribution is 5.84. The molecule has 3 rings (SSSR count). The van der Waals surface area contributed by atoms with Crippen molar-refractivity contribution in [2.24, 2.45) is 5.10 Å². The summed E-state index contributed by atoms with van der Waals surface area (Å²) < 4.78 is 20.1. The van der Waals surface area contributed by atoms with Gasteiger partial charge < -0.3 is 9.64 Å². The van der Waals surface area contributed by atoms with Gasteiger partial charge in [0.05, 0.1) is 11.1 Å². The van der Waals surface area contributed by atoms with E-state index >= 15 is 0 Å². The number of carbonyl (C=O) groups excluding carboxylic acids is 1. The van der Waals surface area contributed by atoms with E-state index in [2.05, 4.69) is 43.1 Å². The quantitative estimate of drug-likeness (QED) is 0.351. The van der Waals surface area contributed by atoms with Crippen LogP contribution in [0.3, 0.4) is 0 Å². The summed E-state index contributed by atoms with van der Waals surface area (Å²) in [5.74, 6) is -0.808. The van der Waals surface area contributed by atoms with Gasteiger partial charge in [-0.1, -0.05) is 26.0 Å². The fourth-order valence-electron chi connectivity index (χ4n) is 4.35. The number of anilines is 1. The van der Waals surface area contributed by atoms with E-state index in [-0.39, 0.29) is 28.5 Å². The van der Waals surface area contributed by atoms with E-state index in [1.807, 2.05) is 0 Å². The third kappa shape index (κ3) is 5.47. The van der Waals surface area contributed by atoms with Crippen molar-refractivity contribution in [3.8, 4) is 5.75 Å². The number of hydrazone groups is 1. The van der Waals surface area contributed by atoms with Crippen LogP contribution in [0.4, 0.5) is 15.8 Å². The SMILES string of the molecule is CCCN1c2cc(F)c(/C=N/NC(=O)COc3ccccc3[N+](=O)[O-])cc2C(C)CC1(C)C. The second-order valence-electron chi connectivity index (χ2n) is 8.81. The van der Waals surface area contributed by atoms with E-state index in [4.69, 9.17) is 4.74 Å². The number of ether oxygens (including phenoxy) is 1. The van der Waals surface area contributed by atoms with Crippen LogP contribution < -0.4 is 15.1 Å². The molecule has 1 atom stereocenters. The molecule has 1 aliphatic rings. The Morgan fingerprint density at radius 2 is 2.12 bits per heavy atom. The van der Waals surface area contributed by atoms with E-state index in [1.54, 1.807) is 18.2 Å². The molecule has 0 saturated heterocycles. The van der Waals surface area contributed by atoms with Gasteiger partial charge in [0.15, 0.2) is 12.4 Å². The predicted molar refractivity (Wildman–Crippen MR) is 125 cm³/mol. The van der Waals surface area contributed by atoms with Crippen molar-refractivity contribution in [1.82, 2.24) is 5.43 Å². The molecule has 0 aliphatic carbocycles. The minimum absolute atomic E-state index is 0.0177. The number of nitrogens with zero attached hydrogens (tertiary/aromatic N) is 3. The molecule has 1 unspecified atom stereocenters. The second-order valence-corrected chi connectivity index (χ2v) is 8.81. The lowest BCUT2D eigenvalue weighted by molar-refractivity contribution is -0.385. The molecule has 8 nitrogen and oxygen atoms in total. The standard InChI is InChI=1S/C24H29FN4O4/c1-5-10-28-21-12-19(25)17(11-18(21)16(2)13-24(28,3)4)14-26-27-23(30)15-33-22-9-7-6-8-20(22)29(31)32/h6-9,11-12,14,16H,5,10,13,15H2,1-4H3,(H,27,30)/b26-14+. The number of rotatable bonds is 8. The second kappa shape index (κ2) is 9.97. The summed E-state index contributed by atoms with van der Waals surface area (Å²) in [5, 5.41) is 14.8. The summed E-state index contributed by atoms with van der Waals surface area (Å²) in [6.07, 6.45) is 3.17. The molecule has 9 heteroatoms. The molecule has 0 saturated carbocycles. The normalized spacial score (nSPS) is 17.0. The number of nitro benzene ring substituents is 1. The summed E-state index contributed by atoms with van der Waals surface area (Å²) in [4.78, 5) is 24.7. The van der Waals surface area contributed by atoms with Crippen LogP contribution in [0.15, 0.2) is 41.5 Å². The molecular formula is C24H29FN4O4. The number of nitrogens with one attached hydrogen (secondary N) is 1. The van der Waals surface area contributed by atoms with Crippen LogP contribution in [0, 0.1) is 15.9 Å². The number of hydrogen-bond acceptors (Lipinski definition) is 6. The third-order valence-corrected chi connectivity index (χ3v) is 5.76. The molecule has 0 fully saturated rings. The maximum absolute atomic E-state index is 14.9. The Morgan fingerprint density at radius 3 is 2.82 bits per heavy atom. The first-order valence-corrected chi connectivity index (χ1v) is 10.9. The van der Waals surface area contributed by atoms with Gasteiger partial charge >= 0.3 is 5.69 Å². The molecule has 1 heterocycles. The number of amides is 1. The molecule has 1 N–H and O–H groups in total. The first-order chi connectivity index (χ1) is 15.6. The summed E-state index contributed by atoms with van der Waals surface area (Å²) in [5.41, 5.74) is 4.20. The van der Waals surface area contributed by atoms with Gasteiger partial charge in [-0.25, -0.2) is 9.82 Å². The molecule has 1 aliphatic heterocycles. The minimum Gasteiger partial charge on any atom is -0.477 e. The van der Waals surface area contributed by atoms with Gasteiger partial charge in [0.25, 0.3) is 5.91 Å². The van der Waals surface area contributed by atoms with E-state index in [0.29, 0.717) is 0 Å². The van der Waals surface area contributed by atoms with Crippen LogP contribution in [-0.4, -0.2) is 35.7 Å². The summed E-state index contributed by atoms with van der Waals surface area (Å²) >= 11 is 0. The molecule has 0 bridgehead atoms. The minimum atomic E-state index is -0.619. The maximum atomic E-state index is 14.9. The zero-order valence-corrected chi connectivity index (χ0v) is 19.3. The molecule has 2 aromatic carbocycles. The molecule has 0 spiro atoms. The highest BCUT2D eigenvalue weighted by Crippen LogP contribution is 2.44. The Morgan fingerprint density at radius 1 is 1.39 bits per heavy atom. The molecule has 0 radical (unpaired) electrons. The summed E-state index contributed by atoms with van der Waals surface area (Å²) in [7, 11) is 0. The summed E-state index contributed by atoms with van der Waals surface area (Å²) in [6, 6.07) is 9.10. The van der Waals surface area contributed by atoms with Gasteiger partial charge in [0, 0.05) is 29.4 Å². The zero-order valence-electron chi connectivity index (χ0n) is 19.3. The van der Waals surface area contributed by atoms with Crippen molar-refractivity contribution in [1.29, 1.82) is 0 Å². The van der Waals surface area contributed by atoms with Gasteiger partial charge in [-0.05, 0) is 56.4 Å². The van der Waals surface area contributed by atoms with E-state index in [0.717, 1.165) is 30.6 Å². The molecular weight excluding hydrogens is 427 g/mol. The highest BCUT2D eigenvalue weighted by Gasteiger charge is 2.36. The van der Waals surface area contributed by atoms with Crippen LogP contribution in [-0.2, 0) is 4.79 Å². The van der Waals surface area contributed by atoms with Crippen molar-refractivity contribution in [2.75, 3.05) is 18.1 Å². The molecule has 33 heavy (non-hydrogen) atoms. The fourth-order valence-corrected chi connectivity index (χ4v) is 4.35. The van der Waals surface area contributed by atoms with Gasteiger partial charge in [0.2, 0.25) is 0 Å². The number of nitro groups is 1. The van der Waals surface area contributed by atoms with Gasteiger partial charge in [0.1, 0.15) is 5.82 Å². The third-order valence-electron chi connectivity index (χ3n) is 5.76. The van der Waals surface area contributed by atoms with Gasteiger partial charge in [-0.3, -0.25) is 14.9 Å². The summed E-state index contributed by atoms with van der Waals surface area (Å²) in [6.45, 7) is 8.97. The van der Waals surface area contributed by atoms with Crippen molar-refractivity contribution in [3.63, 3.8) is 0 Å². The lowest BCUT2D eigenvalue weighted by atomic mass is 9.79. The van der Waals surface area contributed by atoms with E-state index in [1.165, 1.54) is 24.4 Å². The van der Waals surface area contributed by atoms with Crippen molar-refractivity contribution >= 4 is 23.5 Å². The Labute approximate surface area is 192 Å². The topological polar surface area (TPSA) is 97.1 Å². The Bertz CT molecular complexity index is 1070. The van der Waals surface area contributed by atoms with Crippen molar-refractivity contribution in [3.05, 3.63) is 63.5 Å². The number of fused-ring (bicyclic) bond motifs is 1. The number of carbonyl (C=O) groups is 1. The fraction of sp³-hybridized carbons (Fsp3) is 0.417. The van der Waals surface area contributed by atoms with Crippen LogP contribution >= 0.6 is 0 Å². The number of para-hydroxylation sites is 2. The van der Waals surface area contributed by atoms with E-state index < -0.39 is 23.3 Å². The van der Waals surface area contributed by atoms with Crippen LogP contribution in [0.25, 0.3) is 0 Å². The number of halogens is 1. The molecule has 2 aromatic rings. The Kier molecular flexibility index (Phi) is 7.30. The van der Waals surface area contributed by atoms with Crippen LogP contribution in [0.1, 0.15) is 57.6 Å². The first kappa shape index (κ1) is 24.2. The Hall–Kier alpha value is -3.49. The average Bonchev–Trinajstić information content (AvgIpc) is 2.75. The van der Waals surface area contributed by atoms with Crippen molar-refractivity contribution < 1.29 is 18.8 Å². The maximum Gasteiger partial charge on any atom is 0.310 e. The molecule has 0 aromatic heterocycles. The Balaban J connectivity index is 1.69. The number of benzene rings is 2. The van der Waals surface area contributed by atoms with Crippen molar-refractivity contribution in [2.45, 2.75) is 52.0 Å². The molecule has 1 amide bonds. The number of hydrogen-bond donors (Lipinski definition) is 1. The van der Waals surface area contributed by atoms with Gasteiger partial charge in [-0.15, -0.1) is 0 Å². The lowest BCUT2D eigenvalue weighted by Gasteiger charge is -2.47. The first-order valence-electron chi connectivity index (χ1n) is 10.9. The molecule has 176 valence electrons. The highest BCUT2D eigenvalue weighted by atomic mass is 19.1. The predicted octanol–water partition coefficient (Wildman–Crippen LogP) is 4.77. The smallest absolute Gasteiger partial charge is 0.310 e. The van der Waals surface area contributed by atoms with E-state index in [9.17, 15) is 19.3 Å². The average molecular weight is 457 g/mol. The lowest BCUT2D eigenvalue weighted by Crippen LogP contribution is -2.48. The van der Waals surface area contributed by atoms with Crippen LogP contribution in [0.5, 0.6) is 5.75 Å². The van der Waals surface area contributed by atoms with Gasteiger partial charge in [-0.2, -0.15) is 5.10 Å². The largest absolute Gasteiger partial charge is 0.477 e. The monoisotopic (exact) mass is 456 g/mol. The van der Waals surface area contributed by atoms with Crippen LogP contribution in [0.2, 0.25) is 0 Å². The zero-order chi connectivity index (χ0) is 24.2.